The zero-order chi connectivity index (χ0) is 11.4. The third kappa shape index (κ3) is 3.47. The molecule has 4 heteroatoms. The van der Waals surface area contributed by atoms with Gasteiger partial charge in [0.05, 0.1) is 6.54 Å². The second-order valence-corrected chi connectivity index (χ2v) is 4.64. The monoisotopic (exact) mass is 213 g/mol. The first kappa shape index (κ1) is 12.5. The van der Waals surface area contributed by atoms with Gasteiger partial charge in [-0.15, -0.1) is 0 Å². The van der Waals surface area contributed by atoms with Crippen LogP contribution in [-0.4, -0.2) is 55.0 Å². The average Bonchev–Trinajstić information content (AvgIpc) is 2.12. The predicted octanol–water partition coefficient (Wildman–Crippen LogP) is 0.276. The van der Waals surface area contributed by atoms with Crippen molar-refractivity contribution in [2.75, 3.05) is 27.2 Å². The van der Waals surface area contributed by atoms with E-state index in [2.05, 4.69) is 11.8 Å². The van der Waals surface area contributed by atoms with E-state index in [0.29, 0.717) is 18.6 Å². The molecule has 0 aliphatic heterocycles. The van der Waals surface area contributed by atoms with Crippen LogP contribution >= 0.6 is 0 Å². The van der Waals surface area contributed by atoms with Crippen molar-refractivity contribution in [3.63, 3.8) is 0 Å². The van der Waals surface area contributed by atoms with Crippen LogP contribution in [0.15, 0.2) is 0 Å². The van der Waals surface area contributed by atoms with E-state index in [1.807, 2.05) is 0 Å². The van der Waals surface area contributed by atoms with E-state index in [0.717, 1.165) is 25.8 Å². The van der Waals surface area contributed by atoms with Crippen LogP contribution in [-0.2, 0) is 4.79 Å². The molecule has 1 aliphatic rings. The lowest BCUT2D eigenvalue weighted by molar-refractivity contribution is -0.131. The first-order chi connectivity index (χ1) is 7.04. The summed E-state index contributed by atoms with van der Waals surface area (Å²) in [6, 6.07) is 0.882. The van der Waals surface area contributed by atoms with Crippen molar-refractivity contribution in [3.05, 3.63) is 0 Å². The Morgan fingerprint density at radius 1 is 1.40 bits per heavy atom. The number of likely N-dealkylation sites (N-methyl/N-ethyl adjacent to an activating group) is 1. The Bertz CT molecular complexity index is 212. The molecular weight excluding hydrogens is 190 g/mol. The number of nitrogens with zero attached hydrogens (tertiary/aromatic N) is 2. The third-order valence-electron chi connectivity index (χ3n) is 3.01. The molecule has 88 valence electrons. The number of amides is 1. The normalized spacial score (nSPS) is 25.1. The SMILES string of the molecule is CCCN(CC(=O)N(C)C)C1CC(N)C1. The average molecular weight is 213 g/mol. The van der Waals surface area contributed by atoms with E-state index in [9.17, 15) is 4.79 Å². The highest BCUT2D eigenvalue weighted by atomic mass is 16.2. The fourth-order valence-electron chi connectivity index (χ4n) is 1.92. The Balaban J connectivity index is 2.40. The van der Waals surface area contributed by atoms with Gasteiger partial charge in [0, 0.05) is 26.2 Å². The van der Waals surface area contributed by atoms with Gasteiger partial charge in [0.15, 0.2) is 0 Å². The molecule has 0 aromatic rings. The van der Waals surface area contributed by atoms with Crippen LogP contribution in [0, 0.1) is 0 Å². The molecule has 0 saturated heterocycles. The van der Waals surface area contributed by atoms with Crippen LogP contribution in [0.3, 0.4) is 0 Å². The molecule has 0 bridgehead atoms. The Hall–Kier alpha value is -0.610. The van der Waals surface area contributed by atoms with Crippen LogP contribution in [0.2, 0.25) is 0 Å². The summed E-state index contributed by atoms with van der Waals surface area (Å²) < 4.78 is 0. The van der Waals surface area contributed by atoms with E-state index in [1.165, 1.54) is 0 Å². The maximum atomic E-state index is 11.6. The molecule has 1 rings (SSSR count). The zero-order valence-corrected chi connectivity index (χ0v) is 10.1. The Morgan fingerprint density at radius 2 is 2.00 bits per heavy atom. The lowest BCUT2D eigenvalue weighted by Gasteiger charge is -2.41. The third-order valence-corrected chi connectivity index (χ3v) is 3.01. The van der Waals surface area contributed by atoms with Gasteiger partial charge < -0.3 is 10.6 Å². The summed E-state index contributed by atoms with van der Waals surface area (Å²) in [6.07, 6.45) is 3.17. The quantitative estimate of drug-likeness (QED) is 0.713. The molecule has 0 radical (unpaired) electrons. The maximum absolute atomic E-state index is 11.6. The molecule has 2 N–H and O–H groups in total. The van der Waals surface area contributed by atoms with Gasteiger partial charge in [-0.1, -0.05) is 6.92 Å². The molecule has 1 amide bonds. The molecule has 4 nitrogen and oxygen atoms in total. The number of carbonyl (C=O) groups is 1. The zero-order valence-electron chi connectivity index (χ0n) is 10.1. The van der Waals surface area contributed by atoms with Gasteiger partial charge >= 0.3 is 0 Å². The molecular formula is C11H23N3O. The van der Waals surface area contributed by atoms with E-state index < -0.39 is 0 Å². The molecule has 0 unspecified atom stereocenters. The first-order valence-corrected chi connectivity index (χ1v) is 5.74. The second kappa shape index (κ2) is 5.47. The molecule has 0 atom stereocenters. The molecule has 15 heavy (non-hydrogen) atoms. The smallest absolute Gasteiger partial charge is 0.236 e. The van der Waals surface area contributed by atoms with Crippen molar-refractivity contribution < 1.29 is 4.79 Å². The molecule has 1 aliphatic carbocycles. The summed E-state index contributed by atoms with van der Waals surface area (Å²) in [7, 11) is 3.61. The van der Waals surface area contributed by atoms with Crippen LogP contribution in [0.4, 0.5) is 0 Å². The Morgan fingerprint density at radius 3 is 2.40 bits per heavy atom. The first-order valence-electron chi connectivity index (χ1n) is 5.74. The predicted molar refractivity (Wildman–Crippen MR) is 61.6 cm³/mol. The number of rotatable bonds is 5. The van der Waals surface area contributed by atoms with Gasteiger partial charge in [-0.3, -0.25) is 9.69 Å². The Labute approximate surface area is 92.4 Å². The topological polar surface area (TPSA) is 49.6 Å². The van der Waals surface area contributed by atoms with E-state index >= 15 is 0 Å². The number of nitrogens with two attached hydrogens (primary N) is 1. The number of hydrogen-bond donors (Lipinski definition) is 1. The van der Waals surface area contributed by atoms with Gasteiger partial charge in [0.25, 0.3) is 0 Å². The van der Waals surface area contributed by atoms with E-state index in [-0.39, 0.29) is 5.91 Å². The summed E-state index contributed by atoms with van der Waals surface area (Å²) in [6.45, 7) is 3.68. The van der Waals surface area contributed by atoms with Gasteiger partial charge in [-0.25, -0.2) is 0 Å². The number of carbonyl (C=O) groups excluding carboxylic acids is 1. The Kier molecular flexibility index (Phi) is 4.54. The fourth-order valence-corrected chi connectivity index (χ4v) is 1.92. The van der Waals surface area contributed by atoms with Crippen molar-refractivity contribution >= 4 is 5.91 Å². The summed E-state index contributed by atoms with van der Waals surface area (Å²) in [5.41, 5.74) is 5.77. The summed E-state index contributed by atoms with van der Waals surface area (Å²) in [5.74, 6) is 0.184. The molecule has 1 saturated carbocycles. The van der Waals surface area contributed by atoms with E-state index in [1.54, 1.807) is 19.0 Å². The van der Waals surface area contributed by atoms with Crippen molar-refractivity contribution in [1.29, 1.82) is 0 Å². The van der Waals surface area contributed by atoms with Crippen molar-refractivity contribution in [3.8, 4) is 0 Å². The molecule has 1 fully saturated rings. The summed E-state index contributed by atoms with van der Waals surface area (Å²) in [4.78, 5) is 15.5. The fraction of sp³-hybridized carbons (Fsp3) is 0.909. The molecule has 0 aromatic carbocycles. The van der Waals surface area contributed by atoms with Crippen LogP contribution in [0.1, 0.15) is 26.2 Å². The van der Waals surface area contributed by atoms with Crippen LogP contribution in [0.25, 0.3) is 0 Å². The molecule has 0 spiro atoms. The highest BCUT2D eigenvalue weighted by Crippen LogP contribution is 2.24. The highest BCUT2D eigenvalue weighted by molar-refractivity contribution is 5.77. The minimum absolute atomic E-state index is 0.184. The van der Waals surface area contributed by atoms with Gasteiger partial charge in [0.1, 0.15) is 0 Å². The van der Waals surface area contributed by atoms with Gasteiger partial charge in [-0.2, -0.15) is 0 Å². The van der Waals surface area contributed by atoms with Crippen LogP contribution < -0.4 is 5.73 Å². The molecule has 0 heterocycles. The number of hydrogen-bond acceptors (Lipinski definition) is 3. The summed E-state index contributed by atoms with van der Waals surface area (Å²) in [5, 5.41) is 0. The van der Waals surface area contributed by atoms with Crippen molar-refractivity contribution in [2.45, 2.75) is 38.3 Å². The second-order valence-electron chi connectivity index (χ2n) is 4.64. The standard InChI is InChI=1S/C11H23N3O/c1-4-5-14(8-11(15)13(2)3)10-6-9(12)7-10/h9-10H,4-8,12H2,1-3H3. The van der Waals surface area contributed by atoms with Gasteiger partial charge in [0.2, 0.25) is 5.91 Å². The van der Waals surface area contributed by atoms with E-state index in [4.69, 9.17) is 5.73 Å². The minimum Gasteiger partial charge on any atom is -0.348 e. The molecule has 0 aromatic heterocycles. The minimum atomic E-state index is 0.184. The lowest BCUT2D eigenvalue weighted by atomic mass is 9.86. The lowest BCUT2D eigenvalue weighted by Crippen LogP contribution is -2.53. The van der Waals surface area contributed by atoms with Crippen molar-refractivity contribution in [1.82, 2.24) is 9.80 Å². The summed E-state index contributed by atoms with van der Waals surface area (Å²) >= 11 is 0. The maximum Gasteiger partial charge on any atom is 0.236 e. The van der Waals surface area contributed by atoms with Crippen LogP contribution in [0.5, 0.6) is 0 Å². The highest BCUT2D eigenvalue weighted by Gasteiger charge is 2.31. The van der Waals surface area contributed by atoms with Gasteiger partial charge in [-0.05, 0) is 25.8 Å². The van der Waals surface area contributed by atoms with Crippen molar-refractivity contribution in [2.24, 2.45) is 5.73 Å². The largest absolute Gasteiger partial charge is 0.348 e.